The standard InChI is InChI=1S/C7H10O8/c1-13-7(15-12)5(10)4(3(9)2-8)14-6(7)11/h3-4,8-9,12H,2H2,1H3/t3-,4+,7?/m0/s1. The smallest absolute Gasteiger partial charge is 0.379 e. The van der Waals surface area contributed by atoms with Crippen LogP contribution in [0.5, 0.6) is 0 Å². The number of Topliss-reactive ketones (excluding diaryl/α,β-unsaturated/α-hetero) is 1. The molecular formula is C7H10O8. The highest BCUT2D eigenvalue weighted by Crippen LogP contribution is 2.27. The molecule has 0 spiro atoms. The molecule has 15 heavy (non-hydrogen) atoms. The molecule has 1 aliphatic heterocycles. The van der Waals surface area contributed by atoms with E-state index in [0.717, 1.165) is 7.11 Å². The van der Waals surface area contributed by atoms with Crippen LogP contribution in [0.2, 0.25) is 0 Å². The second-order valence-electron chi connectivity index (χ2n) is 2.85. The SMILES string of the molecule is COC1(OO)C(=O)O[C@H]([C@@H](O)CO)C1=O. The van der Waals surface area contributed by atoms with Gasteiger partial charge in [0.05, 0.1) is 6.61 Å². The highest BCUT2D eigenvalue weighted by atomic mass is 17.2. The van der Waals surface area contributed by atoms with Gasteiger partial charge in [0.15, 0.2) is 6.10 Å². The minimum Gasteiger partial charge on any atom is -0.447 e. The number of cyclic esters (lactones) is 1. The molecule has 0 bridgehead atoms. The van der Waals surface area contributed by atoms with Crippen molar-refractivity contribution >= 4 is 11.8 Å². The van der Waals surface area contributed by atoms with Crippen LogP contribution in [-0.4, -0.2) is 58.9 Å². The summed E-state index contributed by atoms with van der Waals surface area (Å²) in [6.07, 6.45) is -3.21. The fourth-order valence-corrected chi connectivity index (χ4v) is 1.19. The van der Waals surface area contributed by atoms with E-state index in [2.05, 4.69) is 14.4 Å². The summed E-state index contributed by atoms with van der Waals surface area (Å²) in [6.45, 7) is -0.783. The highest BCUT2D eigenvalue weighted by Gasteiger charge is 2.62. The molecule has 1 unspecified atom stereocenters. The van der Waals surface area contributed by atoms with E-state index in [-0.39, 0.29) is 0 Å². The zero-order valence-corrected chi connectivity index (χ0v) is 7.74. The van der Waals surface area contributed by atoms with Gasteiger partial charge in [-0.1, -0.05) is 0 Å². The minimum absolute atomic E-state index is 0.783. The van der Waals surface area contributed by atoms with E-state index in [0.29, 0.717) is 0 Å². The lowest BCUT2D eigenvalue weighted by Crippen LogP contribution is -2.48. The van der Waals surface area contributed by atoms with Crippen molar-refractivity contribution in [3.63, 3.8) is 0 Å². The number of esters is 1. The van der Waals surface area contributed by atoms with Crippen molar-refractivity contribution in [2.24, 2.45) is 0 Å². The molecular weight excluding hydrogens is 212 g/mol. The van der Waals surface area contributed by atoms with Gasteiger partial charge in [-0.2, -0.15) is 4.89 Å². The van der Waals surface area contributed by atoms with Crippen LogP contribution >= 0.6 is 0 Å². The lowest BCUT2D eigenvalue weighted by Gasteiger charge is -2.17. The Morgan fingerprint density at radius 2 is 2.20 bits per heavy atom. The molecule has 3 N–H and O–H groups in total. The summed E-state index contributed by atoms with van der Waals surface area (Å²) in [5.41, 5.74) is 0. The van der Waals surface area contributed by atoms with Crippen LogP contribution in [-0.2, 0) is 24.0 Å². The molecule has 1 heterocycles. The average Bonchev–Trinajstić information content (AvgIpc) is 2.50. The molecule has 1 fully saturated rings. The van der Waals surface area contributed by atoms with Gasteiger partial charge in [-0.3, -0.25) is 4.79 Å². The number of rotatable bonds is 4. The van der Waals surface area contributed by atoms with Gasteiger partial charge < -0.3 is 19.7 Å². The van der Waals surface area contributed by atoms with Gasteiger partial charge in [0, 0.05) is 7.11 Å². The van der Waals surface area contributed by atoms with Gasteiger partial charge in [-0.15, -0.1) is 0 Å². The highest BCUT2D eigenvalue weighted by molar-refractivity contribution is 6.12. The maximum Gasteiger partial charge on any atom is 0.379 e. The monoisotopic (exact) mass is 222 g/mol. The Morgan fingerprint density at radius 1 is 1.60 bits per heavy atom. The van der Waals surface area contributed by atoms with Gasteiger partial charge in [0.1, 0.15) is 6.10 Å². The maximum atomic E-state index is 11.5. The normalized spacial score (nSPS) is 32.9. The molecule has 3 atom stereocenters. The minimum atomic E-state index is -2.57. The van der Waals surface area contributed by atoms with E-state index in [1.54, 1.807) is 0 Å². The number of ether oxygens (including phenoxy) is 2. The number of carbonyl (C=O) groups is 2. The van der Waals surface area contributed by atoms with Crippen molar-refractivity contribution in [3.8, 4) is 0 Å². The van der Waals surface area contributed by atoms with Gasteiger partial charge in [-0.05, 0) is 0 Å². The Kier molecular flexibility index (Phi) is 3.37. The van der Waals surface area contributed by atoms with Crippen molar-refractivity contribution in [2.45, 2.75) is 18.0 Å². The number of carbonyl (C=O) groups excluding carboxylic acids is 2. The van der Waals surface area contributed by atoms with Gasteiger partial charge in [0.25, 0.3) is 0 Å². The molecule has 0 aromatic rings. The van der Waals surface area contributed by atoms with Crippen LogP contribution < -0.4 is 0 Å². The topological polar surface area (TPSA) is 123 Å². The Hall–Kier alpha value is -1.06. The van der Waals surface area contributed by atoms with Crippen LogP contribution in [0.3, 0.4) is 0 Å². The Balaban J connectivity index is 2.97. The number of ketones is 1. The first kappa shape index (κ1) is 12.0. The molecule has 0 radical (unpaired) electrons. The first-order valence-electron chi connectivity index (χ1n) is 3.95. The quantitative estimate of drug-likeness (QED) is 0.159. The summed E-state index contributed by atoms with van der Waals surface area (Å²) in [5, 5.41) is 26.1. The van der Waals surface area contributed by atoms with Gasteiger partial charge >= 0.3 is 11.8 Å². The molecule has 8 nitrogen and oxygen atoms in total. The molecule has 1 saturated heterocycles. The number of hydrogen-bond donors (Lipinski definition) is 3. The summed E-state index contributed by atoms with van der Waals surface area (Å²) in [7, 11) is 0.948. The summed E-state index contributed by atoms with van der Waals surface area (Å²) in [4.78, 5) is 26.3. The largest absolute Gasteiger partial charge is 0.447 e. The predicted octanol–water partition coefficient (Wildman–Crippen LogP) is -2.33. The molecule has 0 aliphatic carbocycles. The van der Waals surface area contributed by atoms with E-state index >= 15 is 0 Å². The maximum absolute atomic E-state index is 11.5. The first-order chi connectivity index (χ1) is 7.03. The number of aliphatic hydroxyl groups excluding tert-OH is 2. The summed E-state index contributed by atoms with van der Waals surface area (Å²) < 4.78 is 8.82. The second-order valence-corrected chi connectivity index (χ2v) is 2.85. The predicted molar refractivity (Wildman–Crippen MR) is 41.4 cm³/mol. The lowest BCUT2D eigenvalue weighted by molar-refractivity contribution is -0.362. The van der Waals surface area contributed by atoms with Crippen molar-refractivity contribution < 1.29 is 39.4 Å². The van der Waals surface area contributed by atoms with Gasteiger partial charge in [0.2, 0.25) is 5.78 Å². The van der Waals surface area contributed by atoms with E-state index in [9.17, 15) is 9.59 Å². The molecule has 0 aromatic carbocycles. The zero-order chi connectivity index (χ0) is 11.6. The Labute approximate surface area is 83.9 Å². The Bertz CT molecular complexity index is 270. The third-order valence-corrected chi connectivity index (χ3v) is 2.04. The molecule has 0 aromatic heterocycles. The number of methoxy groups -OCH3 is 1. The molecule has 1 aliphatic rings. The summed E-state index contributed by atoms with van der Waals surface area (Å²) in [6, 6.07) is 0. The van der Waals surface area contributed by atoms with Crippen LogP contribution in [0.25, 0.3) is 0 Å². The summed E-state index contributed by atoms with van der Waals surface area (Å²) in [5.74, 6) is -4.96. The van der Waals surface area contributed by atoms with Crippen LogP contribution in [0.1, 0.15) is 0 Å². The molecule has 8 heteroatoms. The second kappa shape index (κ2) is 4.21. The summed E-state index contributed by atoms with van der Waals surface area (Å²) >= 11 is 0. The fourth-order valence-electron chi connectivity index (χ4n) is 1.19. The van der Waals surface area contributed by atoms with Gasteiger partial charge in [-0.25, -0.2) is 10.1 Å². The van der Waals surface area contributed by atoms with Crippen LogP contribution in [0.4, 0.5) is 0 Å². The van der Waals surface area contributed by atoms with Crippen molar-refractivity contribution in [1.29, 1.82) is 0 Å². The van der Waals surface area contributed by atoms with Crippen LogP contribution in [0.15, 0.2) is 0 Å². The third kappa shape index (κ3) is 1.62. The number of hydrogen-bond acceptors (Lipinski definition) is 8. The van der Waals surface area contributed by atoms with Crippen molar-refractivity contribution in [3.05, 3.63) is 0 Å². The van der Waals surface area contributed by atoms with E-state index in [1.165, 1.54) is 0 Å². The molecule has 0 amide bonds. The molecule has 0 saturated carbocycles. The average molecular weight is 222 g/mol. The number of aliphatic hydroxyl groups is 2. The van der Waals surface area contributed by atoms with Crippen LogP contribution in [0, 0.1) is 0 Å². The first-order valence-corrected chi connectivity index (χ1v) is 3.95. The van der Waals surface area contributed by atoms with E-state index in [4.69, 9.17) is 15.5 Å². The van der Waals surface area contributed by atoms with Crippen molar-refractivity contribution in [2.75, 3.05) is 13.7 Å². The van der Waals surface area contributed by atoms with E-state index in [1.807, 2.05) is 0 Å². The lowest BCUT2D eigenvalue weighted by atomic mass is 10.1. The zero-order valence-electron chi connectivity index (χ0n) is 7.74. The van der Waals surface area contributed by atoms with Crippen molar-refractivity contribution in [1.82, 2.24) is 0 Å². The molecule has 86 valence electrons. The molecule has 1 rings (SSSR count). The third-order valence-electron chi connectivity index (χ3n) is 2.04. The fraction of sp³-hybridized carbons (Fsp3) is 0.714. The van der Waals surface area contributed by atoms with E-state index < -0.39 is 36.4 Å². The Morgan fingerprint density at radius 3 is 2.53 bits per heavy atom.